The van der Waals surface area contributed by atoms with Crippen LogP contribution in [0, 0.1) is 12.8 Å². The summed E-state index contributed by atoms with van der Waals surface area (Å²) in [6.07, 6.45) is 0.988. The molecule has 2 aliphatic heterocycles. The number of benzene rings is 2. The van der Waals surface area contributed by atoms with Crippen LogP contribution in [0.2, 0.25) is 0 Å². The van der Waals surface area contributed by atoms with Crippen LogP contribution in [0.15, 0.2) is 40.9 Å². The third kappa shape index (κ3) is 7.33. The summed E-state index contributed by atoms with van der Waals surface area (Å²) in [5.41, 5.74) is 3.54. The lowest BCUT2D eigenvalue weighted by Crippen LogP contribution is -2.42. The second-order valence-electron chi connectivity index (χ2n) is 9.59. The molecule has 0 spiro atoms. The SMILES string of the molecule is CCc1cc(Br)cc(C)c1NC(=O)COc1ccc(N2C[C@@H](C(=O)NCCN3CCOCC3)CC2=O)cc1. The van der Waals surface area contributed by atoms with Gasteiger partial charge < -0.3 is 25.0 Å². The van der Waals surface area contributed by atoms with Crippen molar-refractivity contribution in [3.05, 3.63) is 52.0 Å². The van der Waals surface area contributed by atoms with Gasteiger partial charge in [0, 0.05) is 55.0 Å². The number of nitrogens with zero attached hydrogens (tertiary/aromatic N) is 2. The number of amides is 3. The van der Waals surface area contributed by atoms with E-state index in [9.17, 15) is 14.4 Å². The van der Waals surface area contributed by atoms with Crippen LogP contribution < -0.4 is 20.3 Å². The molecule has 2 aromatic carbocycles. The van der Waals surface area contributed by atoms with Gasteiger partial charge >= 0.3 is 0 Å². The molecule has 4 rings (SSSR count). The van der Waals surface area contributed by atoms with E-state index in [-0.39, 0.29) is 36.7 Å². The lowest BCUT2D eigenvalue weighted by Gasteiger charge is -2.26. The summed E-state index contributed by atoms with van der Waals surface area (Å²) in [5.74, 6) is -0.264. The molecule has 2 saturated heterocycles. The number of aryl methyl sites for hydroxylation is 2. The van der Waals surface area contributed by atoms with E-state index in [0.29, 0.717) is 24.5 Å². The minimum atomic E-state index is -0.373. The number of morpholine rings is 1. The van der Waals surface area contributed by atoms with Crippen LogP contribution in [0.4, 0.5) is 11.4 Å². The Morgan fingerprint density at radius 2 is 1.89 bits per heavy atom. The van der Waals surface area contributed by atoms with Gasteiger partial charge in [-0.15, -0.1) is 0 Å². The fourth-order valence-electron chi connectivity index (χ4n) is 4.76. The number of hydrogen-bond acceptors (Lipinski definition) is 6. The largest absolute Gasteiger partial charge is 0.484 e. The predicted molar refractivity (Wildman–Crippen MR) is 150 cm³/mol. The minimum absolute atomic E-state index is 0.0806. The molecule has 0 unspecified atom stereocenters. The maximum atomic E-state index is 12.6. The van der Waals surface area contributed by atoms with Crippen LogP contribution >= 0.6 is 15.9 Å². The Labute approximate surface area is 232 Å². The Balaban J connectivity index is 1.24. The zero-order chi connectivity index (χ0) is 27.1. The van der Waals surface area contributed by atoms with Gasteiger partial charge in [-0.3, -0.25) is 19.3 Å². The van der Waals surface area contributed by atoms with E-state index in [0.717, 1.165) is 60.6 Å². The van der Waals surface area contributed by atoms with Crippen molar-refractivity contribution in [3.63, 3.8) is 0 Å². The lowest BCUT2D eigenvalue weighted by atomic mass is 10.1. The lowest BCUT2D eigenvalue weighted by molar-refractivity contribution is -0.126. The van der Waals surface area contributed by atoms with Crippen molar-refractivity contribution < 1.29 is 23.9 Å². The molecule has 0 saturated carbocycles. The van der Waals surface area contributed by atoms with E-state index in [2.05, 4.69) is 31.5 Å². The highest BCUT2D eigenvalue weighted by Crippen LogP contribution is 2.28. The molecular formula is C28H35BrN4O5. The van der Waals surface area contributed by atoms with Gasteiger partial charge in [0.1, 0.15) is 5.75 Å². The third-order valence-corrected chi connectivity index (χ3v) is 7.33. The average molecular weight is 588 g/mol. The van der Waals surface area contributed by atoms with Crippen molar-refractivity contribution in [2.24, 2.45) is 5.92 Å². The fourth-order valence-corrected chi connectivity index (χ4v) is 5.38. The fraction of sp³-hybridized carbons (Fsp3) is 0.464. The van der Waals surface area contributed by atoms with Crippen LogP contribution in [0.1, 0.15) is 24.5 Å². The van der Waals surface area contributed by atoms with Gasteiger partial charge in [0.05, 0.1) is 19.1 Å². The van der Waals surface area contributed by atoms with Crippen molar-refractivity contribution in [2.75, 3.05) is 62.8 Å². The van der Waals surface area contributed by atoms with Crippen LogP contribution in [-0.4, -0.2) is 75.2 Å². The van der Waals surface area contributed by atoms with Gasteiger partial charge in [-0.05, 0) is 60.9 Å². The molecule has 10 heteroatoms. The van der Waals surface area contributed by atoms with Crippen LogP contribution in [0.3, 0.4) is 0 Å². The van der Waals surface area contributed by atoms with Crippen molar-refractivity contribution >= 4 is 45.0 Å². The summed E-state index contributed by atoms with van der Waals surface area (Å²) < 4.78 is 12.0. The summed E-state index contributed by atoms with van der Waals surface area (Å²) in [6.45, 7) is 8.75. The highest BCUT2D eigenvalue weighted by Gasteiger charge is 2.35. The first-order chi connectivity index (χ1) is 18.3. The summed E-state index contributed by atoms with van der Waals surface area (Å²) in [6, 6.07) is 11.0. The normalized spacial score (nSPS) is 17.9. The molecule has 3 amide bonds. The monoisotopic (exact) mass is 586 g/mol. The predicted octanol–water partition coefficient (Wildman–Crippen LogP) is 3.14. The van der Waals surface area contributed by atoms with Crippen molar-refractivity contribution in [1.29, 1.82) is 0 Å². The Hall–Kier alpha value is -2.95. The van der Waals surface area contributed by atoms with Gasteiger partial charge in [0.15, 0.2) is 6.61 Å². The van der Waals surface area contributed by atoms with E-state index < -0.39 is 0 Å². The number of carbonyl (C=O) groups excluding carboxylic acids is 3. The zero-order valence-electron chi connectivity index (χ0n) is 21.9. The molecule has 0 radical (unpaired) electrons. The molecule has 38 heavy (non-hydrogen) atoms. The Kier molecular flexibility index (Phi) is 9.76. The number of anilines is 2. The number of ether oxygens (including phenoxy) is 2. The summed E-state index contributed by atoms with van der Waals surface area (Å²) in [5, 5.41) is 5.92. The van der Waals surface area contributed by atoms with Crippen LogP contribution in [0.5, 0.6) is 5.75 Å². The Morgan fingerprint density at radius 3 is 2.61 bits per heavy atom. The standard InChI is InChI=1S/C28H35BrN4O5/c1-3-20-15-22(29)14-19(2)27(20)31-25(34)18-38-24-6-4-23(5-7-24)33-17-21(16-26(33)35)28(36)30-8-9-32-10-12-37-13-11-32/h4-7,14-15,21H,3,8-13,16-18H2,1-2H3,(H,30,36)(H,31,34)/t21-/m0/s1. The number of nitrogens with one attached hydrogen (secondary N) is 2. The minimum Gasteiger partial charge on any atom is -0.484 e. The molecule has 0 aliphatic carbocycles. The molecule has 1 atom stereocenters. The number of hydrogen-bond donors (Lipinski definition) is 2. The zero-order valence-corrected chi connectivity index (χ0v) is 23.5. The molecule has 2 aliphatic rings. The number of halogens is 1. The first kappa shape index (κ1) is 28.1. The molecular weight excluding hydrogens is 552 g/mol. The van der Waals surface area contributed by atoms with Gasteiger partial charge in [-0.1, -0.05) is 22.9 Å². The molecule has 0 aromatic heterocycles. The van der Waals surface area contributed by atoms with Crippen molar-refractivity contribution in [1.82, 2.24) is 10.2 Å². The topological polar surface area (TPSA) is 100 Å². The Morgan fingerprint density at radius 1 is 1.16 bits per heavy atom. The number of rotatable bonds is 10. The first-order valence-corrected chi connectivity index (χ1v) is 13.8. The van der Waals surface area contributed by atoms with E-state index >= 15 is 0 Å². The second-order valence-corrected chi connectivity index (χ2v) is 10.5. The quantitative estimate of drug-likeness (QED) is 0.443. The Bertz CT molecular complexity index is 1150. The van der Waals surface area contributed by atoms with E-state index in [4.69, 9.17) is 9.47 Å². The van der Waals surface area contributed by atoms with Crippen LogP contribution in [0.25, 0.3) is 0 Å². The second kappa shape index (κ2) is 13.2. The molecule has 2 aromatic rings. The molecule has 2 heterocycles. The maximum Gasteiger partial charge on any atom is 0.262 e. The van der Waals surface area contributed by atoms with Crippen molar-refractivity contribution in [3.8, 4) is 5.75 Å². The van der Waals surface area contributed by atoms with E-state index in [1.807, 2.05) is 26.0 Å². The highest BCUT2D eigenvalue weighted by molar-refractivity contribution is 9.10. The maximum absolute atomic E-state index is 12.6. The molecule has 2 N–H and O–H groups in total. The van der Waals surface area contributed by atoms with E-state index in [1.54, 1.807) is 29.2 Å². The molecule has 0 bridgehead atoms. The van der Waals surface area contributed by atoms with E-state index in [1.165, 1.54) is 0 Å². The van der Waals surface area contributed by atoms with Gasteiger partial charge in [0.2, 0.25) is 11.8 Å². The molecule has 9 nitrogen and oxygen atoms in total. The smallest absolute Gasteiger partial charge is 0.262 e. The van der Waals surface area contributed by atoms with Crippen molar-refractivity contribution in [2.45, 2.75) is 26.7 Å². The summed E-state index contributed by atoms with van der Waals surface area (Å²) in [4.78, 5) is 41.7. The van der Waals surface area contributed by atoms with Gasteiger partial charge in [-0.25, -0.2) is 0 Å². The van der Waals surface area contributed by atoms with Gasteiger partial charge in [-0.2, -0.15) is 0 Å². The third-order valence-electron chi connectivity index (χ3n) is 6.87. The summed E-state index contributed by atoms with van der Waals surface area (Å²) in [7, 11) is 0. The highest BCUT2D eigenvalue weighted by atomic mass is 79.9. The number of carbonyl (C=O) groups is 3. The van der Waals surface area contributed by atoms with Gasteiger partial charge in [0.25, 0.3) is 5.91 Å². The summed E-state index contributed by atoms with van der Waals surface area (Å²) >= 11 is 3.50. The molecule has 2 fully saturated rings. The van der Waals surface area contributed by atoms with Crippen LogP contribution in [-0.2, 0) is 25.5 Å². The first-order valence-electron chi connectivity index (χ1n) is 13.0. The average Bonchev–Trinajstić information content (AvgIpc) is 3.31. The molecule has 204 valence electrons.